The van der Waals surface area contributed by atoms with Crippen molar-refractivity contribution in [3.05, 3.63) is 18.2 Å². The summed E-state index contributed by atoms with van der Waals surface area (Å²) >= 11 is 0. The molecule has 66 valence electrons. The number of nitrogens with one attached hydrogen (secondary N) is 1. The summed E-state index contributed by atoms with van der Waals surface area (Å²) in [5.74, 6) is 0.528. The normalized spacial score (nSPS) is 10.1. The Hall–Kier alpha value is -1.36. The summed E-state index contributed by atoms with van der Waals surface area (Å²) in [6, 6.07) is 0. The van der Waals surface area contributed by atoms with Crippen LogP contribution in [0.25, 0.3) is 0 Å². The Morgan fingerprint density at radius 3 is 3.08 bits per heavy atom. The van der Waals surface area contributed by atoms with Gasteiger partial charge >= 0.3 is 0 Å². The molecule has 12 heavy (non-hydrogen) atoms. The monoisotopic (exact) mass is 168 g/mol. The van der Waals surface area contributed by atoms with Gasteiger partial charge in [0.15, 0.2) is 0 Å². The van der Waals surface area contributed by atoms with Crippen LogP contribution >= 0.6 is 0 Å². The van der Waals surface area contributed by atoms with Crippen LogP contribution in [0.4, 0.5) is 0 Å². The molecule has 0 aliphatic heterocycles. The summed E-state index contributed by atoms with van der Waals surface area (Å²) < 4.78 is 1.88. The Kier molecular flexibility index (Phi) is 2.82. The third-order valence-corrected chi connectivity index (χ3v) is 1.50. The number of hydrogen-bond donors (Lipinski definition) is 2. The highest BCUT2D eigenvalue weighted by Gasteiger charge is 1.98. The summed E-state index contributed by atoms with van der Waals surface area (Å²) in [6.45, 7) is 0.749. The highest BCUT2D eigenvalue weighted by atomic mass is 16.1. The van der Waals surface area contributed by atoms with Gasteiger partial charge in [0, 0.05) is 19.4 Å². The van der Waals surface area contributed by atoms with E-state index in [0.29, 0.717) is 6.54 Å². The van der Waals surface area contributed by atoms with Crippen molar-refractivity contribution in [3.8, 4) is 0 Å². The Morgan fingerprint density at radius 2 is 2.58 bits per heavy atom. The number of hydrogen-bond acceptors (Lipinski definition) is 3. The van der Waals surface area contributed by atoms with E-state index in [1.807, 2.05) is 17.8 Å². The zero-order chi connectivity index (χ0) is 8.97. The molecule has 1 amide bonds. The van der Waals surface area contributed by atoms with Gasteiger partial charge in [-0.05, 0) is 0 Å². The third-order valence-electron chi connectivity index (χ3n) is 1.50. The van der Waals surface area contributed by atoms with Crippen LogP contribution < -0.4 is 11.1 Å². The number of carbonyl (C=O) groups is 1. The van der Waals surface area contributed by atoms with E-state index in [1.165, 1.54) is 0 Å². The molecule has 0 bridgehead atoms. The maximum atomic E-state index is 10.3. The molecule has 3 N–H and O–H groups in total. The molecule has 5 nitrogen and oxygen atoms in total. The van der Waals surface area contributed by atoms with E-state index < -0.39 is 0 Å². The first-order valence-electron chi connectivity index (χ1n) is 3.65. The minimum Gasteiger partial charge on any atom is -0.369 e. The van der Waals surface area contributed by atoms with Gasteiger partial charge in [0.05, 0.1) is 13.1 Å². The molecule has 5 heteroatoms. The van der Waals surface area contributed by atoms with Gasteiger partial charge < -0.3 is 15.6 Å². The number of aromatic nitrogens is 2. The molecule has 0 atom stereocenters. The molecule has 0 aliphatic rings. The van der Waals surface area contributed by atoms with E-state index in [1.54, 1.807) is 6.20 Å². The van der Waals surface area contributed by atoms with Gasteiger partial charge in [-0.3, -0.25) is 4.79 Å². The molecular formula is C7H12N4O. The van der Waals surface area contributed by atoms with Crippen LogP contribution in [0.5, 0.6) is 0 Å². The fraction of sp³-hybridized carbons (Fsp3) is 0.429. The first kappa shape index (κ1) is 8.73. The Morgan fingerprint density at radius 1 is 1.83 bits per heavy atom. The average Bonchev–Trinajstić information content (AvgIpc) is 2.36. The van der Waals surface area contributed by atoms with Crippen LogP contribution in [0, 0.1) is 0 Å². The summed E-state index contributed by atoms with van der Waals surface area (Å²) in [7, 11) is 1.90. The van der Waals surface area contributed by atoms with E-state index in [-0.39, 0.29) is 12.5 Å². The third kappa shape index (κ3) is 2.35. The van der Waals surface area contributed by atoms with Crippen molar-refractivity contribution in [2.45, 2.75) is 6.54 Å². The number of primary amides is 1. The fourth-order valence-electron chi connectivity index (χ4n) is 0.864. The van der Waals surface area contributed by atoms with E-state index in [2.05, 4.69) is 10.3 Å². The minimum atomic E-state index is -0.357. The number of nitrogens with two attached hydrogens (primary N) is 1. The highest BCUT2D eigenvalue weighted by molar-refractivity contribution is 5.75. The molecule has 0 spiro atoms. The van der Waals surface area contributed by atoms with Crippen LogP contribution in [-0.4, -0.2) is 22.0 Å². The fourth-order valence-corrected chi connectivity index (χ4v) is 0.864. The topological polar surface area (TPSA) is 72.9 Å². The van der Waals surface area contributed by atoms with E-state index in [9.17, 15) is 4.79 Å². The predicted molar refractivity (Wildman–Crippen MR) is 44.1 cm³/mol. The minimum absolute atomic E-state index is 0.187. The molecule has 0 saturated heterocycles. The summed E-state index contributed by atoms with van der Waals surface area (Å²) in [5, 5.41) is 2.87. The Bertz CT molecular complexity index is 268. The second-order valence-corrected chi connectivity index (χ2v) is 2.52. The molecule has 1 aromatic rings. The van der Waals surface area contributed by atoms with Crippen molar-refractivity contribution >= 4 is 5.91 Å². The summed E-state index contributed by atoms with van der Waals surface area (Å²) in [5.41, 5.74) is 4.94. The van der Waals surface area contributed by atoms with E-state index in [4.69, 9.17) is 5.73 Å². The number of nitrogens with zero attached hydrogens (tertiary/aromatic N) is 2. The van der Waals surface area contributed by atoms with Crippen LogP contribution in [-0.2, 0) is 18.4 Å². The smallest absolute Gasteiger partial charge is 0.231 e. The van der Waals surface area contributed by atoms with Gasteiger partial charge in [-0.2, -0.15) is 0 Å². The van der Waals surface area contributed by atoms with Crippen molar-refractivity contribution in [2.75, 3.05) is 6.54 Å². The first-order chi connectivity index (χ1) is 5.70. The highest BCUT2D eigenvalue weighted by Crippen LogP contribution is 1.91. The van der Waals surface area contributed by atoms with Crippen molar-refractivity contribution in [1.82, 2.24) is 14.9 Å². The molecule has 1 heterocycles. The molecule has 1 rings (SSSR count). The quantitative estimate of drug-likeness (QED) is 0.605. The number of imidazole rings is 1. The molecular weight excluding hydrogens is 156 g/mol. The molecule has 1 aromatic heterocycles. The zero-order valence-electron chi connectivity index (χ0n) is 6.95. The largest absolute Gasteiger partial charge is 0.369 e. The van der Waals surface area contributed by atoms with Crippen molar-refractivity contribution < 1.29 is 4.79 Å². The van der Waals surface area contributed by atoms with Gasteiger partial charge in [0.25, 0.3) is 0 Å². The van der Waals surface area contributed by atoms with Crippen LogP contribution in [0.2, 0.25) is 0 Å². The molecule has 0 aromatic carbocycles. The predicted octanol–water partition coefficient (Wildman–Crippen LogP) is -1.00. The lowest BCUT2D eigenvalue weighted by Gasteiger charge is -2.01. The number of amides is 1. The van der Waals surface area contributed by atoms with Crippen molar-refractivity contribution in [1.29, 1.82) is 0 Å². The van der Waals surface area contributed by atoms with Gasteiger partial charge in [-0.1, -0.05) is 0 Å². The zero-order valence-corrected chi connectivity index (χ0v) is 6.95. The second kappa shape index (κ2) is 3.87. The summed E-state index contributed by atoms with van der Waals surface area (Å²) in [4.78, 5) is 14.4. The van der Waals surface area contributed by atoms with E-state index >= 15 is 0 Å². The van der Waals surface area contributed by atoms with Crippen LogP contribution in [0.1, 0.15) is 5.82 Å². The summed E-state index contributed by atoms with van der Waals surface area (Å²) in [6.07, 6.45) is 3.56. The second-order valence-electron chi connectivity index (χ2n) is 2.52. The van der Waals surface area contributed by atoms with Crippen molar-refractivity contribution in [3.63, 3.8) is 0 Å². The molecule has 0 saturated carbocycles. The standard InChI is InChI=1S/C7H12N4O/c1-11-3-2-10-7(11)5-9-4-6(8)12/h2-3,9H,4-5H2,1H3,(H2,8,12). The van der Waals surface area contributed by atoms with Crippen LogP contribution in [0.3, 0.4) is 0 Å². The molecule has 0 radical (unpaired) electrons. The SMILES string of the molecule is Cn1ccnc1CNCC(N)=O. The van der Waals surface area contributed by atoms with Gasteiger partial charge in [0.2, 0.25) is 5.91 Å². The maximum Gasteiger partial charge on any atom is 0.231 e. The number of rotatable bonds is 4. The number of aryl methyl sites for hydroxylation is 1. The molecule has 0 fully saturated rings. The van der Waals surface area contributed by atoms with Gasteiger partial charge in [-0.25, -0.2) is 4.98 Å². The maximum absolute atomic E-state index is 10.3. The lowest BCUT2D eigenvalue weighted by atomic mass is 10.5. The molecule has 0 aliphatic carbocycles. The lowest BCUT2D eigenvalue weighted by Crippen LogP contribution is -2.28. The lowest BCUT2D eigenvalue weighted by molar-refractivity contribution is -0.117. The van der Waals surface area contributed by atoms with Gasteiger partial charge in [-0.15, -0.1) is 0 Å². The van der Waals surface area contributed by atoms with Gasteiger partial charge in [0.1, 0.15) is 5.82 Å². The first-order valence-corrected chi connectivity index (χ1v) is 3.65. The Balaban J connectivity index is 2.33. The molecule has 0 unspecified atom stereocenters. The van der Waals surface area contributed by atoms with E-state index in [0.717, 1.165) is 5.82 Å². The van der Waals surface area contributed by atoms with Crippen molar-refractivity contribution in [2.24, 2.45) is 12.8 Å². The Labute approximate surface area is 70.6 Å². The number of carbonyl (C=O) groups excluding carboxylic acids is 1. The van der Waals surface area contributed by atoms with Crippen LogP contribution in [0.15, 0.2) is 12.4 Å². The average molecular weight is 168 g/mol.